The number of benzene rings is 1. The third-order valence-corrected chi connectivity index (χ3v) is 5.84. The van der Waals surface area contributed by atoms with Crippen LogP contribution in [0.25, 0.3) is 0 Å². The fourth-order valence-corrected chi connectivity index (χ4v) is 4.24. The van der Waals surface area contributed by atoms with Crippen LogP contribution in [0.2, 0.25) is 0 Å². The summed E-state index contributed by atoms with van der Waals surface area (Å²) in [5.41, 5.74) is -0.105. The Kier molecular flexibility index (Phi) is 6.26. The number of nitrogens with zero attached hydrogens (tertiary/aromatic N) is 1. The highest BCUT2D eigenvalue weighted by Gasteiger charge is 2.48. The molecule has 2 aromatic rings. The highest BCUT2D eigenvalue weighted by atomic mass is 32.1. The molecule has 0 unspecified atom stereocenters. The van der Waals surface area contributed by atoms with Gasteiger partial charge in [-0.1, -0.05) is 25.0 Å². The summed E-state index contributed by atoms with van der Waals surface area (Å²) in [4.78, 5) is 26.0. The summed E-state index contributed by atoms with van der Waals surface area (Å²) in [5.74, 6) is -3.69. The van der Waals surface area contributed by atoms with Gasteiger partial charge in [-0.05, 0) is 48.9 Å². The smallest absolute Gasteiger partial charge is 0.351 e. The molecule has 1 heterocycles. The van der Waals surface area contributed by atoms with E-state index < -0.39 is 29.8 Å². The first-order valence-electron chi connectivity index (χ1n) is 9.19. The van der Waals surface area contributed by atoms with E-state index in [-0.39, 0.29) is 22.2 Å². The van der Waals surface area contributed by atoms with E-state index in [0.717, 1.165) is 43.1 Å². The number of amides is 2. The van der Waals surface area contributed by atoms with E-state index in [1.165, 1.54) is 25.1 Å². The van der Waals surface area contributed by atoms with E-state index >= 15 is 0 Å². The maximum Gasteiger partial charge on any atom is 0.471 e. The van der Waals surface area contributed by atoms with Crippen LogP contribution in [-0.4, -0.2) is 24.0 Å². The molecule has 0 aliphatic heterocycles. The van der Waals surface area contributed by atoms with E-state index in [1.807, 2.05) is 0 Å². The lowest BCUT2D eigenvalue weighted by molar-refractivity contribution is -0.171. The highest BCUT2D eigenvalue weighted by Crippen LogP contribution is 2.35. The van der Waals surface area contributed by atoms with Crippen molar-refractivity contribution in [1.82, 2.24) is 5.32 Å². The third-order valence-electron chi connectivity index (χ3n) is 4.92. The number of alkyl halides is 3. The largest absolute Gasteiger partial charge is 0.471 e. The molecule has 1 aromatic carbocycles. The van der Waals surface area contributed by atoms with E-state index in [0.29, 0.717) is 4.90 Å². The van der Waals surface area contributed by atoms with Crippen molar-refractivity contribution < 1.29 is 27.2 Å². The van der Waals surface area contributed by atoms with E-state index in [1.54, 1.807) is 11.4 Å². The van der Waals surface area contributed by atoms with Gasteiger partial charge in [0.2, 0.25) is 5.91 Å². The van der Waals surface area contributed by atoms with Gasteiger partial charge < -0.3 is 5.32 Å². The van der Waals surface area contributed by atoms with Gasteiger partial charge in [-0.25, -0.2) is 4.39 Å². The molecule has 9 heteroatoms. The lowest BCUT2D eigenvalue weighted by Crippen LogP contribution is -2.50. The molecule has 1 saturated carbocycles. The number of halogens is 4. The standard InChI is InChI=1S/C20H20F4N2O2S/c1-12-8-9-14(11-15(12)21)26(19(28)20(22,23)24)17(16-7-4-10-29-16)18(27)25-13-5-2-3-6-13/h4,7-11,13,17H,2-3,5-6H2,1H3,(H,25,27)/t17-/m0/s1. The average Bonchev–Trinajstić information content (AvgIpc) is 3.34. The topological polar surface area (TPSA) is 49.4 Å². The van der Waals surface area contributed by atoms with Crippen molar-refractivity contribution in [2.75, 3.05) is 4.90 Å². The molecule has 0 saturated heterocycles. The summed E-state index contributed by atoms with van der Waals surface area (Å²) < 4.78 is 54.4. The Morgan fingerprint density at radius 1 is 1.21 bits per heavy atom. The lowest BCUT2D eigenvalue weighted by Gasteiger charge is -2.32. The number of aryl methyl sites for hydroxylation is 1. The van der Waals surface area contributed by atoms with Gasteiger partial charge in [0.15, 0.2) is 6.04 Å². The number of thiophene rings is 1. The Hall–Kier alpha value is -2.42. The van der Waals surface area contributed by atoms with Crippen molar-refractivity contribution in [3.05, 3.63) is 52.0 Å². The minimum atomic E-state index is -5.23. The molecule has 1 aromatic heterocycles. The maximum atomic E-state index is 14.1. The monoisotopic (exact) mass is 428 g/mol. The quantitative estimate of drug-likeness (QED) is 0.690. The molecule has 1 aliphatic rings. The van der Waals surface area contributed by atoms with Crippen LogP contribution in [0.3, 0.4) is 0 Å². The van der Waals surface area contributed by atoms with E-state index in [9.17, 15) is 27.2 Å². The molecule has 1 fully saturated rings. The zero-order chi connectivity index (χ0) is 21.2. The zero-order valence-electron chi connectivity index (χ0n) is 15.6. The number of hydrogen-bond donors (Lipinski definition) is 1. The molecule has 0 bridgehead atoms. The van der Waals surface area contributed by atoms with Crippen LogP contribution in [-0.2, 0) is 9.59 Å². The van der Waals surface area contributed by atoms with Gasteiger partial charge in [0.05, 0.1) is 0 Å². The maximum absolute atomic E-state index is 14.1. The second kappa shape index (κ2) is 8.52. The minimum Gasteiger partial charge on any atom is -0.351 e. The Balaban J connectivity index is 2.07. The second-order valence-corrected chi connectivity index (χ2v) is 7.99. The molecule has 29 heavy (non-hydrogen) atoms. The molecule has 156 valence electrons. The third kappa shape index (κ3) is 4.77. The van der Waals surface area contributed by atoms with Crippen LogP contribution in [0.1, 0.15) is 42.2 Å². The molecule has 2 amide bonds. The van der Waals surface area contributed by atoms with Gasteiger partial charge in [-0.2, -0.15) is 13.2 Å². The van der Waals surface area contributed by atoms with Gasteiger partial charge in [-0.15, -0.1) is 11.3 Å². The van der Waals surface area contributed by atoms with E-state index in [4.69, 9.17) is 0 Å². The minimum absolute atomic E-state index is 0.150. The summed E-state index contributed by atoms with van der Waals surface area (Å²) in [5, 5.41) is 4.37. The predicted octanol–water partition coefficient (Wildman–Crippen LogP) is 4.89. The molecule has 1 N–H and O–H groups in total. The second-order valence-electron chi connectivity index (χ2n) is 7.01. The SMILES string of the molecule is Cc1ccc(N(C(=O)C(F)(F)F)[C@H](C(=O)NC2CCCC2)c2cccs2)cc1F. The first kappa shape index (κ1) is 21.3. The molecular weight excluding hydrogens is 408 g/mol. The fraction of sp³-hybridized carbons (Fsp3) is 0.400. The summed E-state index contributed by atoms with van der Waals surface area (Å²) in [7, 11) is 0. The highest BCUT2D eigenvalue weighted by molar-refractivity contribution is 7.10. The van der Waals surface area contributed by atoms with Crippen LogP contribution < -0.4 is 10.2 Å². The number of anilines is 1. The Bertz CT molecular complexity index is 877. The van der Waals surface area contributed by atoms with Crippen LogP contribution in [0.5, 0.6) is 0 Å². The van der Waals surface area contributed by atoms with Crippen LogP contribution in [0.15, 0.2) is 35.7 Å². The molecule has 1 aliphatic carbocycles. The Morgan fingerprint density at radius 2 is 1.90 bits per heavy atom. The summed E-state index contributed by atoms with van der Waals surface area (Å²) in [6, 6.07) is 4.72. The van der Waals surface area contributed by atoms with Crippen molar-refractivity contribution in [2.24, 2.45) is 0 Å². The van der Waals surface area contributed by atoms with Crippen molar-refractivity contribution in [2.45, 2.75) is 50.9 Å². The Morgan fingerprint density at radius 3 is 2.45 bits per heavy atom. The zero-order valence-corrected chi connectivity index (χ0v) is 16.4. The van der Waals surface area contributed by atoms with E-state index in [2.05, 4.69) is 5.32 Å². The molecule has 1 atom stereocenters. The fourth-order valence-electron chi connectivity index (χ4n) is 3.42. The summed E-state index contributed by atoms with van der Waals surface area (Å²) in [6.07, 6.45) is -1.93. The number of hydrogen-bond acceptors (Lipinski definition) is 3. The number of carbonyl (C=O) groups excluding carboxylic acids is 2. The molecular formula is C20H20F4N2O2S. The lowest BCUT2D eigenvalue weighted by atomic mass is 10.1. The Labute approximate surface area is 169 Å². The van der Waals surface area contributed by atoms with Crippen LogP contribution in [0.4, 0.5) is 23.2 Å². The van der Waals surface area contributed by atoms with Gasteiger partial charge in [0, 0.05) is 16.6 Å². The van der Waals surface area contributed by atoms with Crippen LogP contribution in [0, 0.1) is 12.7 Å². The normalized spacial score (nSPS) is 15.9. The number of rotatable bonds is 5. The average molecular weight is 428 g/mol. The first-order chi connectivity index (χ1) is 13.7. The van der Waals surface area contributed by atoms with Gasteiger partial charge >= 0.3 is 12.1 Å². The number of nitrogens with one attached hydrogen (secondary N) is 1. The molecule has 0 radical (unpaired) electrons. The molecule has 3 rings (SSSR count). The van der Waals surface area contributed by atoms with Crippen molar-refractivity contribution in [3.63, 3.8) is 0 Å². The van der Waals surface area contributed by atoms with Crippen molar-refractivity contribution >= 4 is 28.8 Å². The summed E-state index contributed by atoms with van der Waals surface area (Å²) >= 11 is 1.06. The van der Waals surface area contributed by atoms with Gasteiger partial charge in [0.25, 0.3) is 0 Å². The summed E-state index contributed by atoms with van der Waals surface area (Å²) in [6.45, 7) is 1.46. The number of carbonyl (C=O) groups is 2. The van der Waals surface area contributed by atoms with Crippen molar-refractivity contribution in [3.8, 4) is 0 Å². The van der Waals surface area contributed by atoms with Crippen LogP contribution >= 0.6 is 11.3 Å². The molecule has 0 spiro atoms. The van der Waals surface area contributed by atoms with Gasteiger partial charge in [0.1, 0.15) is 5.82 Å². The predicted molar refractivity (Wildman–Crippen MR) is 102 cm³/mol. The first-order valence-corrected chi connectivity index (χ1v) is 10.1. The van der Waals surface area contributed by atoms with Gasteiger partial charge in [-0.3, -0.25) is 14.5 Å². The van der Waals surface area contributed by atoms with Crippen molar-refractivity contribution in [1.29, 1.82) is 0 Å². The molecule has 4 nitrogen and oxygen atoms in total.